The fourth-order valence-corrected chi connectivity index (χ4v) is 4.13. The van der Waals surface area contributed by atoms with Crippen LogP contribution in [-0.4, -0.2) is 75.5 Å². The average Bonchev–Trinajstić information content (AvgIpc) is 3.56. The van der Waals surface area contributed by atoms with Gasteiger partial charge in [0.1, 0.15) is 24.3 Å². The molecule has 0 bridgehead atoms. The van der Waals surface area contributed by atoms with Crippen LogP contribution < -0.4 is 20.9 Å². The second-order valence-electron chi connectivity index (χ2n) is 10.1. The fourth-order valence-electron chi connectivity index (χ4n) is 4.13. The molecule has 1 aromatic heterocycles. The van der Waals surface area contributed by atoms with Gasteiger partial charge in [-0.3, -0.25) is 14.5 Å². The van der Waals surface area contributed by atoms with E-state index < -0.39 is 41.7 Å². The smallest absolute Gasteiger partial charge is 0.408 e. The number of hydrogen-bond acceptors (Lipinski definition) is 9. The topological polar surface area (TPSA) is 181 Å². The monoisotopic (exact) mass is 556 g/mol. The Bertz CT molecular complexity index is 1180. The molecule has 2 heterocycles. The molecule has 0 aliphatic carbocycles. The van der Waals surface area contributed by atoms with Crippen LogP contribution in [-0.2, 0) is 32.0 Å². The van der Waals surface area contributed by atoms with E-state index in [9.17, 15) is 19.2 Å². The first-order valence-electron chi connectivity index (χ1n) is 13.0. The number of para-hydroxylation sites is 1. The van der Waals surface area contributed by atoms with Gasteiger partial charge in [-0.2, -0.15) is 5.21 Å². The third-order valence-electron chi connectivity index (χ3n) is 5.84. The van der Waals surface area contributed by atoms with E-state index in [2.05, 4.69) is 43.2 Å². The normalized spacial score (nSPS) is 15.0. The summed E-state index contributed by atoms with van der Waals surface area (Å²) in [5.74, 6) is -0.547. The minimum absolute atomic E-state index is 0.0338. The molecular formula is C26H36N8O6. The number of benzene rings is 1. The van der Waals surface area contributed by atoms with Crippen molar-refractivity contribution in [2.24, 2.45) is 0 Å². The molecule has 2 aromatic rings. The number of amides is 4. The highest BCUT2D eigenvalue weighted by molar-refractivity contribution is 6.06. The SMILES string of the molecule is C=CCOC(=O)NCCCC[C@H](NC(=O)OC(C)(C)C)C(=O)N1c2ccccc2C[C@H]1C(=O)NCc1nn[nH]n1. The van der Waals surface area contributed by atoms with E-state index >= 15 is 0 Å². The van der Waals surface area contributed by atoms with E-state index in [-0.39, 0.29) is 19.6 Å². The number of nitrogens with one attached hydrogen (secondary N) is 4. The van der Waals surface area contributed by atoms with Crippen molar-refractivity contribution in [2.75, 3.05) is 18.1 Å². The zero-order chi connectivity index (χ0) is 29.1. The zero-order valence-electron chi connectivity index (χ0n) is 22.9. The van der Waals surface area contributed by atoms with E-state index in [0.29, 0.717) is 37.3 Å². The number of alkyl carbamates (subject to hydrolysis) is 2. The van der Waals surface area contributed by atoms with Crippen molar-refractivity contribution < 1.29 is 28.7 Å². The maximum atomic E-state index is 14.0. The lowest BCUT2D eigenvalue weighted by atomic mass is 10.1. The highest BCUT2D eigenvalue weighted by Crippen LogP contribution is 2.33. The van der Waals surface area contributed by atoms with Crippen molar-refractivity contribution in [3.05, 3.63) is 48.3 Å². The number of fused-ring (bicyclic) bond motifs is 1. The summed E-state index contributed by atoms with van der Waals surface area (Å²) in [6, 6.07) is 5.41. The predicted molar refractivity (Wildman–Crippen MR) is 144 cm³/mol. The molecular weight excluding hydrogens is 520 g/mol. The van der Waals surface area contributed by atoms with Crippen LogP contribution >= 0.6 is 0 Å². The minimum Gasteiger partial charge on any atom is -0.445 e. The third-order valence-corrected chi connectivity index (χ3v) is 5.84. The summed E-state index contributed by atoms with van der Waals surface area (Å²) < 4.78 is 10.3. The molecule has 14 nitrogen and oxygen atoms in total. The number of carbonyl (C=O) groups excluding carboxylic acids is 4. The molecule has 1 aliphatic heterocycles. The second-order valence-corrected chi connectivity index (χ2v) is 10.1. The van der Waals surface area contributed by atoms with Crippen LogP contribution in [0.15, 0.2) is 36.9 Å². The molecule has 4 N–H and O–H groups in total. The Morgan fingerprint density at radius 1 is 1.18 bits per heavy atom. The van der Waals surface area contributed by atoms with Crippen molar-refractivity contribution >= 4 is 29.7 Å². The summed E-state index contributed by atoms with van der Waals surface area (Å²) in [4.78, 5) is 53.0. The Hall–Kier alpha value is -4.49. The van der Waals surface area contributed by atoms with E-state index in [4.69, 9.17) is 9.47 Å². The zero-order valence-corrected chi connectivity index (χ0v) is 22.9. The van der Waals surface area contributed by atoms with Gasteiger partial charge in [0.15, 0.2) is 5.82 Å². The molecule has 0 fully saturated rings. The number of aromatic amines is 1. The molecule has 216 valence electrons. The molecule has 0 unspecified atom stereocenters. The van der Waals surface area contributed by atoms with Crippen molar-refractivity contribution in [1.82, 2.24) is 36.6 Å². The van der Waals surface area contributed by atoms with Crippen LogP contribution in [0.3, 0.4) is 0 Å². The molecule has 3 rings (SSSR count). The maximum Gasteiger partial charge on any atom is 0.408 e. The van der Waals surface area contributed by atoms with E-state index in [0.717, 1.165) is 5.56 Å². The van der Waals surface area contributed by atoms with Gasteiger partial charge < -0.3 is 25.4 Å². The number of unbranched alkanes of at least 4 members (excludes halogenated alkanes) is 1. The van der Waals surface area contributed by atoms with Gasteiger partial charge in [0.05, 0.1) is 6.54 Å². The van der Waals surface area contributed by atoms with Gasteiger partial charge in [-0.15, -0.1) is 10.2 Å². The van der Waals surface area contributed by atoms with Crippen LogP contribution in [0.2, 0.25) is 0 Å². The fraction of sp³-hybridized carbons (Fsp3) is 0.500. The van der Waals surface area contributed by atoms with Gasteiger partial charge >= 0.3 is 12.2 Å². The highest BCUT2D eigenvalue weighted by Gasteiger charge is 2.41. The number of hydrogen-bond donors (Lipinski definition) is 4. The molecule has 2 atom stereocenters. The average molecular weight is 557 g/mol. The Labute approximate surface area is 232 Å². The standard InChI is InChI=1S/C26H36N8O6/c1-5-14-39-24(37)27-13-9-8-11-18(29-25(38)40-26(2,3)4)23(36)34-19-12-7-6-10-17(19)15-20(34)22(35)28-16-21-30-32-33-31-21/h5-7,10,12,18,20H,1,8-9,11,13-16H2,2-4H3,(H,27,37)(H,28,35)(H,29,38)(H,30,31,32,33)/t18-,20-/m0/s1. The summed E-state index contributed by atoms with van der Waals surface area (Å²) in [6.45, 7) is 9.11. The summed E-state index contributed by atoms with van der Waals surface area (Å²) in [7, 11) is 0. The Morgan fingerprint density at radius 3 is 2.65 bits per heavy atom. The molecule has 40 heavy (non-hydrogen) atoms. The third kappa shape index (κ3) is 8.78. The summed E-state index contributed by atoms with van der Waals surface area (Å²) in [5, 5.41) is 21.5. The van der Waals surface area contributed by atoms with Crippen LogP contribution in [0.4, 0.5) is 15.3 Å². The number of tetrazole rings is 1. The number of ether oxygens (including phenoxy) is 2. The summed E-state index contributed by atoms with van der Waals surface area (Å²) in [5.41, 5.74) is 0.647. The second kappa shape index (κ2) is 14.1. The van der Waals surface area contributed by atoms with E-state index in [1.54, 1.807) is 32.9 Å². The van der Waals surface area contributed by atoms with Gasteiger partial charge in [0, 0.05) is 18.7 Å². The molecule has 0 saturated carbocycles. The number of rotatable bonds is 12. The van der Waals surface area contributed by atoms with E-state index in [1.165, 1.54) is 11.0 Å². The van der Waals surface area contributed by atoms with Gasteiger partial charge in [0.25, 0.3) is 0 Å². The van der Waals surface area contributed by atoms with E-state index in [1.807, 2.05) is 12.1 Å². The molecule has 0 spiro atoms. The Balaban J connectivity index is 1.73. The lowest BCUT2D eigenvalue weighted by molar-refractivity contribution is -0.127. The molecule has 1 aromatic carbocycles. The molecule has 0 saturated heterocycles. The van der Waals surface area contributed by atoms with Gasteiger partial charge in [0.2, 0.25) is 11.8 Å². The first-order chi connectivity index (χ1) is 19.1. The summed E-state index contributed by atoms with van der Waals surface area (Å²) in [6.07, 6.45) is 1.71. The Kier molecular flexibility index (Phi) is 10.6. The predicted octanol–water partition coefficient (Wildman–Crippen LogP) is 1.75. The van der Waals surface area contributed by atoms with Gasteiger partial charge in [-0.05, 0) is 51.7 Å². The van der Waals surface area contributed by atoms with Crippen molar-refractivity contribution in [1.29, 1.82) is 0 Å². The van der Waals surface area contributed by atoms with Crippen molar-refractivity contribution in [3.63, 3.8) is 0 Å². The molecule has 14 heteroatoms. The van der Waals surface area contributed by atoms with Gasteiger partial charge in [-0.25, -0.2) is 9.59 Å². The van der Waals surface area contributed by atoms with Crippen LogP contribution in [0, 0.1) is 0 Å². The molecule has 1 aliphatic rings. The number of anilines is 1. The van der Waals surface area contributed by atoms with Crippen LogP contribution in [0.1, 0.15) is 51.4 Å². The van der Waals surface area contributed by atoms with Crippen molar-refractivity contribution in [2.45, 2.75) is 70.7 Å². The van der Waals surface area contributed by atoms with Crippen molar-refractivity contribution in [3.8, 4) is 0 Å². The highest BCUT2D eigenvalue weighted by atomic mass is 16.6. The van der Waals surface area contributed by atoms with Gasteiger partial charge in [-0.1, -0.05) is 36.1 Å². The first kappa shape index (κ1) is 30.1. The molecule has 4 amide bonds. The lowest BCUT2D eigenvalue weighted by Gasteiger charge is -2.30. The lowest BCUT2D eigenvalue weighted by Crippen LogP contribution is -2.55. The summed E-state index contributed by atoms with van der Waals surface area (Å²) >= 11 is 0. The Morgan fingerprint density at radius 2 is 1.95 bits per heavy atom. The molecule has 0 radical (unpaired) electrons. The largest absolute Gasteiger partial charge is 0.445 e. The number of carbonyl (C=O) groups is 4. The number of aromatic nitrogens is 4. The quantitative estimate of drug-likeness (QED) is 0.224. The van der Waals surface area contributed by atoms with Crippen LogP contribution in [0.25, 0.3) is 0 Å². The minimum atomic E-state index is -0.985. The number of nitrogens with zero attached hydrogens (tertiary/aromatic N) is 4. The number of H-pyrrole nitrogens is 1. The van der Waals surface area contributed by atoms with Crippen LogP contribution in [0.5, 0.6) is 0 Å². The first-order valence-corrected chi connectivity index (χ1v) is 13.0. The maximum absolute atomic E-state index is 14.0.